The highest BCUT2D eigenvalue weighted by molar-refractivity contribution is 7.20. The van der Waals surface area contributed by atoms with Crippen LogP contribution in [0.4, 0.5) is 15.2 Å². The highest BCUT2D eigenvalue weighted by Gasteiger charge is 2.18. The number of fused-ring (bicyclic) bond motifs is 1. The SMILES string of the molecule is CCc1cc(=O)n2nc(NCCCN3CCN(c4ccccc4F)CC3)sc2n1. The van der Waals surface area contributed by atoms with Crippen LogP contribution in [0.2, 0.25) is 0 Å². The third kappa shape index (κ3) is 4.56. The second-order valence-electron chi connectivity index (χ2n) is 7.10. The number of rotatable bonds is 7. The van der Waals surface area contributed by atoms with E-state index in [0.717, 1.165) is 57.8 Å². The van der Waals surface area contributed by atoms with E-state index >= 15 is 0 Å². The van der Waals surface area contributed by atoms with Crippen LogP contribution in [0.1, 0.15) is 19.0 Å². The van der Waals surface area contributed by atoms with Crippen molar-refractivity contribution in [2.24, 2.45) is 0 Å². The van der Waals surface area contributed by atoms with E-state index in [1.807, 2.05) is 19.1 Å². The molecule has 1 N–H and O–H groups in total. The molecule has 0 aliphatic carbocycles. The van der Waals surface area contributed by atoms with Crippen LogP contribution in [0.25, 0.3) is 4.96 Å². The van der Waals surface area contributed by atoms with Crippen LogP contribution in [-0.4, -0.2) is 58.8 Å². The number of hydrogen-bond acceptors (Lipinski definition) is 7. The molecule has 0 atom stereocenters. The number of piperazine rings is 1. The number of aryl methyl sites for hydroxylation is 1. The summed E-state index contributed by atoms with van der Waals surface area (Å²) < 4.78 is 15.3. The van der Waals surface area contributed by atoms with Gasteiger partial charge in [-0.25, -0.2) is 9.37 Å². The van der Waals surface area contributed by atoms with Crippen molar-refractivity contribution in [3.63, 3.8) is 0 Å². The predicted octanol–water partition coefficient (Wildman–Crippen LogP) is 2.48. The van der Waals surface area contributed by atoms with Gasteiger partial charge in [0.15, 0.2) is 0 Å². The van der Waals surface area contributed by atoms with Crippen molar-refractivity contribution in [1.82, 2.24) is 19.5 Å². The van der Waals surface area contributed by atoms with E-state index in [2.05, 4.69) is 25.2 Å². The first-order valence-corrected chi connectivity index (χ1v) is 10.8. The van der Waals surface area contributed by atoms with Crippen LogP contribution < -0.4 is 15.8 Å². The van der Waals surface area contributed by atoms with Crippen molar-refractivity contribution < 1.29 is 4.39 Å². The Morgan fingerprint density at radius 1 is 1.21 bits per heavy atom. The molecule has 0 spiro atoms. The van der Waals surface area contributed by atoms with Crippen LogP contribution in [-0.2, 0) is 6.42 Å². The molecule has 29 heavy (non-hydrogen) atoms. The minimum Gasteiger partial charge on any atom is -0.367 e. The normalized spacial score (nSPS) is 15.2. The summed E-state index contributed by atoms with van der Waals surface area (Å²) in [4.78, 5) is 21.7. The minimum atomic E-state index is -0.152. The van der Waals surface area contributed by atoms with Gasteiger partial charge in [0.2, 0.25) is 10.1 Å². The second-order valence-corrected chi connectivity index (χ2v) is 8.06. The summed E-state index contributed by atoms with van der Waals surface area (Å²) >= 11 is 1.40. The maximum Gasteiger partial charge on any atom is 0.275 e. The summed E-state index contributed by atoms with van der Waals surface area (Å²) in [7, 11) is 0. The summed E-state index contributed by atoms with van der Waals surface area (Å²) in [6, 6.07) is 8.50. The zero-order chi connectivity index (χ0) is 20.2. The van der Waals surface area contributed by atoms with E-state index in [9.17, 15) is 9.18 Å². The van der Waals surface area contributed by atoms with Crippen molar-refractivity contribution in [2.75, 3.05) is 49.5 Å². The van der Waals surface area contributed by atoms with Crippen molar-refractivity contribution in [2.45, 2.75) is 19.8 Å². The van der Waals surface area contributed by atoms with Gasteiger partial charge in [0.25, 0.3) is 5.56 Å². The molecule has 9 heteroatoms. The van der Waals surface area contributed by atoms with E-state index in [0.29, 0.717) is 15.8 Å². The molecule has 0 saturated carbocycles. The van der Waals surface area contributed by atoms with Gasteiger partial charge in [-0.1, -0.05) is 30.4 Å². The number of benzene rings is 1. The van der Waals surface area contributed by atoms with Crippen molar-refractivity contribution in [3.8, 4) is 0 Å². The third-order valence-corrected chi connectivity index (χ3v) is 6.02. The maximum atomic E-state index is 13.9. The molecule has 7 nitrogen and oxygen atoms in total. The zero-order valence-electron chi connectivity index (χ0n) is 16.5. The van der Waals surface area contributed by atoms with E-state index in [1.165, 1.54) is 28.0 Å². The number of nitrogens with zero attached hydrogens (tertiary/aromatic N) is 5. The molecular formula is C20H25FN6OS. The van der Waals surface area contributed by atoms with Gasteiger partial charge in [0.05, 0.1) is 5.69 Å². The fraction of sp³-hybridized carbons (Fsp3) is 0.450. The Hall–Kier alpha value is -2.52. The van der Waals surface area contributed by atoms with Gasteiger partial charge in [0.1, 0.15) is 5.82 Å². The van der Waals surface area contributed by atoms with Crippen LogP contribution in [0.15, 0.2) is 35.1 Å². The van der Waals surface area contributed by atoms with Gasteiger partial charge in [-0.05, 0) is 31.5 Å². The average molecular weight is 417 g/mol. The Kier molecular flexibility index (Phi) is 6.05. The Morgan fingerprint density at radius 2 is 2.00 bits per heavy atom. The minimum absolute atomic E-state index is 0.135. The lowest BCUT2D eigenvalue weighted by atomic mass is 10.2. The molecule has 1 saturated heterocycles. The molecular weight excluding hydrogens is 391 g/mol. The smallest absolute Gasteiger partial charge is 0.275 e. The Morgan fingerprint density at radius 3 is 2.76 bits per heavy atom. The quantitative estimate of drug-likeness (QED) is 0.597. The molecule has 1 aliphatic heterocycles. The van der Waals surface area contributed by atoms with E-state index < -0.39 is 0 Å². The summed E-state index contributed by atoms with van der Waals surface area (Å²) in [5, 5.41) is 8.33. The largest absolute Gasteiger partial charge is 0.367 e. The lowest BCUT2D eigenvalue weighted by Gasteiger charge is -2.36. The predicted molar refractivity (Wildman–Crippen MR) is 115 cm³/mol. The Balaban J connectivity index is 1.23. The first-order chi connectivity index (χ1) is 14.1. The molecule has 154 valence electrons. The number of para-hydroxylation sites is 1. The molecule has 0 bridgehead atoms. The highest BCUT2D eigenvalue weighted by Crippen LogP contribution is 2.20. The molecule has 0 unspecified atom stereocenters. The molecule has 3 heterocycles. The van der Waals surface area contributed by atoms with Crippen molar-refractivity contribution >= 4 is 27.1 Å². The summed E-state index contributed by atoms with van der Waals surface area (Å²) in [5.41, 5.74) is 1.35. The van der Waals surface area contributed by atoms with Gasteiger partial charge >= 0.3 is 0 Å². The van der Waals surface area contributed by atoms with Crippen molar-refractivity contribution in [1.29, 1.82) is 0 Å². The van der Waals surface area contributed by atoms with Crippen molar-refractivity contribution in [3.05, 3.63) is 52.2 Å². The van der Waals surface area contributed by atoms with Gasteiger partial charge in [-0.2, -0.15) is 4.52 Å². The molecule has 2 aromatic heterocycles. The summed E-state index contributed by atoms with van der Waals surface area (Å²) in [6.45, 7) is 7.25. The fourth-order valence-corrected chi connectivity index (χ4v) is 4.38. The standard InChI is InChI=1S/C20H25FN6OS/c1-2-15-14-18(28)27-20(23-15)29-19(24-27)22-8-5-9-25-10-12-26(13-11-25)17-7-4-3-6-16(17)21/h3-4,6-7,14H,2,5,8-13H2,1H3,(H,22,24). The average Bonchev–Trinajstić information content (AvgIpc) is 3.15. The van der Waals surface area contributed by atoms with E-state index in [-0.39, 0.29) is 11.4 Å². The number of halogens is 1. The van der Waals surface area contributed by atoms with Gasteiger partial charge < -0.3 is 10.2 Å². The van der Waals surface area contributed by atoms with Crippen LogP contribution in [0, 0.1) is 5.82 Å². The van der Waals surface area contributed by atoms with Gasteiger partial charge in [0, 0.05) is 44.5 Å². The number of anilines is 2. The van der Waals surface area contributed by atoms with E-state index in [4.69, 9.17) is 0 Å². The molecule has 3 aromatic rings. The summed E-state index contributed by atoms with van der Waals surface area (Å²) in [6.07, 6.45) is 1.70. The third-order valence-electron chi connectivity index (χ3n) is 5.15. The zero-order valence-corrected chi connectivity index (χ0v) is 17.3. The lowest BCUT2D eigenvalue weighted by Crippen LogP contribution is -2.47. The van der Waals surface area contributed by atoms with Crippen LogP contribution in [0.5, 0.6) is 0 Å². The molecule has 4 rings (SSSR count). The first kappa shape index (κ1) is 19.8. The molecule has 1 aromatic carbocycles. The Bertz CT molecular complexity index is 1030. The fourth-order valence-electron chi connectivity index (χ4n) is 3.53. The first-order valence-electron chi connectivity index (χ1n) is 9.99. The molecule has 1 aliphatic rings. The topological polar surface area (TPSA) is 65.8 Å². The van der Waals surface area contributed by atoms with Gasteiger partial charge in [-0.3, -0.25) is 9.69 Å². The summed E-state index contributed by atoms with van der Waals surface area (Å²) in [5.74, 6) is -0.152. The molecule has 0 radical (unpaired) electrons. The second kappa shape index (κ2) is 8.87. The Labute approximate surface area is 172 Å². The van der Waals surface area contributed by atoms with Gasteiger partial charge in [-0.15, -0.1) is 5.10 Å². The number of hydrogen-bond donors (Lipinski definition) is 1. The van der Waals surface area contributed by atoms with Crippen LogP contribution in [0.3, 0.4) is 0 Å². The van der Waals surface area contributed by atoms with E-state index in [1.54, 1.807) is 6.07 Å². The monoisotopic (exact) mass is 416 g/mol. The molecule has 0 amide bonds. The number of nitrogens with one attached hydrogen (secondary N) is 1. The lowest BCUT2D eigenvalue weighted by molar-refractivity contribution is 0.256. The molecule has 1 fully saturated rings. The number of aromatic nitrogens is 3. The maximum absolute atomic E-state index is 13.9. The highest BCUT2D eigenvalue weighted by atomic mass is 32.1. The van der Waals surface area contributed by atoms with Crippen LogP contribution >= 0.6 is 11.3 Å².